The molecule has 4 rings (SSSR count). The van der Waals surface area contributed by atoms with E-state index < -0.39 is 54.0 Å². The average Bonchev–Trinajstić information content (AvgIpc) is 3.73. The Balaban J connectivity index is 1.54. The summed E-state index contributed by atoms with van der Waals surface area (Å²) in [6.07, 6.45) is 8.38. The van der Waals surface area contributed by atoms with Crippen LogP contribution in [0, 0.1) is 11.8 Å². The number of anilines is 1. The van der Waals surface area contributed by atoms with Crippen molar-refractivity contribution in [3.8, 4) is 0 Å². The smallest absolute Gasteiger partial charge is 0.411 e. The van der Waals surface area contributed by atoms with Gasteiger partial charge in [-0.3, -0.25) is 19.7 Å². The molecule has 2 aliphatic rings. The standard InChI is InChI=1S/C34H40BrN5O9/c1-20-6-4-11-37-29(43)9-8-21(2)31(22(3)18-48-34(46)38-23-10-12-36-28(35)15-23)49-33(45)27-7-5-13-40(27)32(44)26-19-47-30(39-26)17-25(42)16-24(41)14-20/h4,6,8-10,12,14-15,19,21-22,24,27,31,41H,5,7,11,13,16-18H2,1-3H3,(H,37,43)(H,36,38,46)/b6-4+,9-8+,20-14+. The maximum Gasteiger partial charge on any atom is 0.411 e. The van der Waals surface area contributed by atoms with Crippen molar-refractivity contribution in [2.24, 2.45) is 11.8 Å². The van der Waals surface area contributed by atoms with Crippen molar-refractivity contribution in [2.45, 2.75) is 64.7 Å². The third kappa shape index (κ3) is 11.2. The first-order valence-electron chi connectivity index (χ1n) is 15.9. The Morgan fingerprint density at radius 1 is 1.27 bits per heavy atom. The molecule has 49 heavy (non-hydrogen) atoms. The van der Waals surface area contributed by atoms with E-state index in [2.05, 4.69) is 36.5 Å². The highest BCUT2D eigenvalue weighted by Crippen LogP contribution is 2.26. The maximum absolute atomic E-state index is 13.6. The van der Waals surface area contributed by atoms with Crippen molar-refractivity contribution in [2.75, 3.05) is 25.0 Å². The summed E-state index contributed by atoms with van der Waals surface area (Å²) in [6.45, 7) is 5.61. The van der Waals surface area contributed by atoms with Gasteiger partial charge in [0.2, 0.25) is 11.8 Å². The van der Waals surface area contributed by atoms with E-state index in [0.717, 1.165) is 6.26 Å². The van der Waals surface area contributed by atoms with E-state index >= 15 is 0 Å². The number of carbonyl (C=O) groups is 5. The Morgan fingerprint density at radius 2 is 2.06 bits per heavy atom. The molecule has 0 aliphatic carbocycles. The number of pyridine rings is 1. The Bertz CT molecular complexity index is 1620. The van der Waals surface area contributed by atoms with Gasteiger partial charge in [0, 0.05) is 43.2 Å². The zero-order chi connectivity index (χ0) is 35.5. The first kappa shape index (κ1) is 37.2. The molecule has 1 saturated heterocycles. The lowest BCUT2D eigenvalue weighted by atomic mass is 9.93. The van der Waals surface area contributed by atoms with Gasteiger partial charge in [0.15, 0.2) is 5.69 Å². The Labute approximate surface area is 292 Å². The van der Waals surface area contributed by atoms with Gasteiger partial charge in [0.05, 0.1) is 19.1 Å². The van der Waals surface area contributed by atoms with E-state index in [9.17, 15) is 29.1 Å². The van der Waals surface area contributed by atoms with Crippen molar-refractivity contribution in [3.63, 3.8) is 0 Å². The van der Waals surface area contributed by atoms with Gasteiger partial charge in [-0.05, 0) is 53.9 Å². The number of hydrogen-bond donors (Lipinski definition) is 3. The molecule has 0 saturated carbocycles. The van der Waals surface area contributed by atoms with Crippen molar-refractivity contribution >= 4 is 51.3 Å². The number of rotatable bonds is 4. The van der Waals surface area contributed by atoms with Crippen LogP contribution in [0.3, 0.4) is 0 Å². The molecular formula is C34H40BrN5O9. The fraction of sp³-hybridized carbons (Fsp3) is 0.441. The summed E-state index contributed by atoms with van der Waals surface area (Å²) in [4.78, 5) is 74.3. The molecule has 5 unspecified atom stereocenters. The molecule has 5 atom stereocenters. The molecule has 0 aromatic carbocycles. The van der Waals surface area contributed by atoms with Gasteiger partial charge in [-0.25, -0.2) is 19.6 Å². The fourth-order valence-corrected chi connectivity index (χ4v) is 5.85. The summed E-state index contributed by atoms with van der Waals surface area (Å²) >= 11 is 3.25. The number of aliphatic hydroxyl groups excluding tert-OH is 1. The number of hydrogen-bond acceptors (Lipinski definition) is 11. The van der Waals surface area contributed by atoms with Crippen LogP contribution in [0.4, 0.5) is 10.5 Å². The lowest BCUT2D eigenvalue weighted by molar-refractivity contribution is -0.159. The average molecular weight is 743 g/mol. The molecule has 0 spiro atoms. The van der Waals surface area contributed by atoms with Crippen LogP contribution in [-0.2, 0) is 30.3 Å². The van der Waals surface area contributed by atoms with Gasteiger partial charge in [-0.1, -0.05) is 43.7 Å². The normalized spacial score (nSPS) is 26.0. The van der Waals surface area contributed by atoms with Crippen molar-refractivity contribution in [1.29, 1.82) is 0 Å². The number of Topliss-reactive ketones (excluding diaryl/α,β-unsaturated/α-hetero) is 1. The summed E-state index contributed by atoms with van der Waals surface area (Å²) in [5.41, 5.74) is 1.09. The topological polar surface area (TPSA) is 190 Å². The number of amides is 3. The molecule has 2 aromatic heterocycles. The largest absolute Gasteiger partial charge is 0.460 e. The minimum Gasteiger partial charge on any atom is -0.460 e. The fourth-order valence-electron chi connectivity index (χ4n) is 5.49. The zero-order valence-corrected chi connectivity index (χ0v) is 29.1. The van der Waals surface area contributed by atoms with Crippen LogP contribution in [0.5, 0.6) is 0 Å². The summed E-state index contributed by atoms with van der Waals surface area (Å²) in [6, 6.07) is 2.28. The maximum atomic E-state index is 13.6. The minimum absolute atomic E-state index is 0.0173. The molecule has 2 aliphatic heterocycles. The number of aliphatic hydroxyl groups is 1. The molecule has 2 aromatic rings. The number of nitrogens with zero attached hydrogens (tertiary/aromatic N) is 3. The first-order valence-corrected chi connectivity index (χ1v) is 16.7. The van der Waals surface area contributed by atoms with Crippen LogP contribution in [0.15, 0.2) is 69.6 Å². The second-order valence-electron chi connectivity index (χ2n) is 12.0. The molecule has 14 nitrogen and oxygen atoms in total. The monoisotopic (exact) mass is 741 g/mol. The van der Waals surface area contributed by atoms with E-state index in [1.54, 1.807) is 51.1 Å². The number of ether oxygens (including phenoxy) is 2. The first-order chi connectivity index (χ1) is 23.4. The number of fused-ring (bicyclic) bond motifs is 3. The molecule has 262 valence electrons. The van der Waals surface area contributed by atoms with Crippen molar-refractivity contribution in [3.05, 3.63) is 76.7 Å². The van der Waals surface area contributed by atoms with Crippen molar-refractivity contribution in [1.82, 2.24) is 20.2 Å². The van der Waals surface area contributed by atoms with Gasteiger partial charge >= 0.3 is 12.1 Å². The molecule has 2 bridgehead atoms. The van der Waals surface area contributed by atoms with Gasteiger partial charge in [-0.15, -0.1) is 0 Å². The highest BCUT2D eigenvalue weighted by Gasteiger charge is 2.39. The number of cyclic esters (lactones) is 1. The number of esters is 1. The van der Waals surface area contributed by atoms with Crippen LogP contribution < -0.4 is 10.6 Å². The molecule has 3 amide bonds. The number of nitrogens with one attached hydrogen (secondary N) is 2. The highest BCUT2D eigenvalue weighted by atomic mass is 79.9. The quantitative estimate of drug-likeness (QED) is 0.304. The van der Waals surface area contributed by atoms with Gasteiger partial charge < -0.3 is 29.2 Å². The predicted molar refractivity (Wildman–Crippen MR) is 180 cm³/mol. The minimum atomic E-state index is -1.05. The summed E-state index contributed by atoms with van der Waals surface area (Å²) in [7, 11) is 0. The Hall–Kier alpha value is -4.63. The van der Waals surface area contributed by atoms with Crippen molar-refractivity contribution < 1.29 is 43.0 Å². The van der Waals surface area contributed by atoms with E-state index in [1.165, 1.54) is 23.2 Å². The van der Waals surface area contributed by atoms with Crippen LogP contribution in [0.25, 0.3) is 0 Å². The van der Waals surface area contributed by atoms with Crippen LogP contribution in [0.1, 0.15) is 56.4 Å². The summed E-state index contributed by atoms with van der Waals surface area (Å²) in [5.74, 6) is -2.95. The number of aromatic nitrogens is 2. The number of ketones is 1. The number of halogens is 1. The number of oxazole rings is 1. The van der Waals surface area contributed by atoms with Gasteiger partial charge in [0.25, 0.3) is 5.91 Å². The van der Waals surface area contributed by atoms with E-state index in [4.69, 9.17) is 13.9 Å². The third-order valence-corrected chi connectivity index (χ3v) is 8.34. The molecule has 4 heterocycles. The third-order valence-electron chi connectivity index (χ3n) is 7.90. The molecule has 15 heteroatoms. The Kier molecular flexibility index (Phi) is 13.4. The van der Waals surface area contributed by atoms with Crippen LogP contribution in [-0.4, -0.2) is 87.6 Å². The van der Waals surface area contributed by atoms with Crippen LogP contribution in [0.2, 0.25) is 0 Å². The van der Waals surface area contributed by atoms with E-state index in [0.29, 0.717) is 28.7 Å². The second kappa shape index (κ2) is 17.7. The Morgan fingerprint density at radius 3 is 2.84 bits per heavy atom. The molecule has 0 radical (unpaired) electrons. The number of carbonyl (C=O) groups excluding carboxylic acids is 5. The predicted octanol–water partition coefficient (Wildman–Crippen LogP) is 3.92. The number of allylic oxidation sites excluding steroid dienone is 2. The lowest BCUT2D eigenvalue weighted by Crippen LogP contribution is -2.44. The van der Waals surface area contributed by atoms with Gasteiger partial charge in [0.1, 0.15) is 28.8 Å². The van der Waals surface area contributed by atoms with Gasteiger partial charge in [-0.2, -0.15) is 0 Å². The van der Waals surface area contributed by atoms with Crippen LogP contribution >= 0.6 is 15.9 Å². The molecule has 1 fully saturated rings. The van der Waals surface area contributed by atoms with E-state index in [1.807, 2.05) is 0 Å². The highest BCUT2D eigenvalue weighted by molar-refractivity contribution is 9.10. The summed E-state index contributed by atoms with van der Waals surface area (Å²) < 4.78 is 17.4. The molecular weight excluding hydrogens is 702 g/mol. The second-order valence-corrected chi connectivity index (χ2v) is 12.8. The molecule has 3 N–H and O–H groups in total. The zero-order valence-electron chi connectivity index (χ0n) is 27.5. The SMILES string of the molecule is CC1=C\C(O)CC(=O)Cc2nc(co2)C(=O)N2CCCC2C(=O)OC(C(C)COC(=O)Nc2ccnc(Br)c2)C(C)/C=C/C(=O)NC\C=C\1. The summed E-state index contributed by atoms with van der Waals surface area (Å²) in [5, 5.41) is 15.7. The lowest BCUT2D eigenvalue weighted by Gasteiger charge is -2.30. The van der Waals surface area contributed by atoms with E-state index in [-0.39, 0.29) is 49.9 Å².